The number of nitrogens with zero attached hydrogens (tertiary/aromatic N) is 3. The third kappa shape index (κ3) is 4.31. The molecule has 0 fully saturated rings. The summed E-state index contributed by atoms with van der Waals surface area (Å²) in [5.41, 5.74) is 17.9. The van der Waals surface area contributed by atoms with Crippen molar-refractivity contribution in [1.29, 1.82) is 0 Å². The Bertz CT molecular complexity index is 1440. The fourth-order valence-electron chi connectivity index (χ4n) is 3.54. The van der Waals surface area contributed by atoms with E-state index in [1.165, 1.54) is 6.20 Å². The van der Waals surface area contributed by atoms with Crippen LogP contribution < -0.4 is 16.8 Å². The Morgan fingerprint density at radius 1 is 0.970 bits per heavy atom. The average Bonchev–Trinajstić information content (AvgIpc) is 3.53. The third-order valence-corrected chi connectivity index (χ3v) is 5.22. The van der Waals surface area contributed by atoms with Crippen molar-refractivity contribution in [2.75, 3.05) is 5.32 Å². The molecule has 0 aliphatic carbocycles. The number of benzene rings is 2. The second-order valence-corrected chi connectivity index (χ2v) is 7.45. The molecule has 0 unspecified atom stereocenters. The first kappa shape index (κ1) is 20.1. The molecule has 0 radical (unpaired) electrons. The highest BCUT2D eigenvalue weighted by atomic mass is 15.1. The predicted molar refractivity (Wildman–Crippen MR) is 132 cm³/mol. The molecule has 0 amide bonds. The average molecular weight is 435 g/mol. The molecule has 3 heterocycles. The van der Waals surface area contributed by atoms with Gasteiger partial charge in [0.1, 0.15) is 5.82 Å². The number of H-pyrrole nitrogens is 2. The van der Waals surface area contributed by atoms with E-state index in [0.717, 1.165) is 39.0 Å². The van der Waals surface area contributed by atoms with Crippen LogP contribution >= 0.6 is 0 Å². The van der Waals surface area contributed by atoms with Gasteiger partial charge in [-0.05, 0) is 54.2 Å². The highest BCUT2D eigenvalue weighted by Crippen LogP contribution is 2.26. The van der Waals surface area contributed by atoms with Crippen molar-refractivity contribution in [1.82, 2.24) is 25.1 Å². The molecular formula is C25H22N8. The molecule has 0 aliphatic heterocycles. The van der Waals surface area contributed by atoms with E-state index >= 15 is 0 Å². The highest BCUT2D eigenvalue weighted by molar-refractivity contribution is 5.87. The summed E-state index contributed by atoms with van der Waals surface area (Å²) in [7, 11) is 0. The molecule has 0 saturated carbocycles. The lowest BCUT2D eigenvalue weighted by molar-refractivity contribution is 1.09. The zero-order valence-electron chi connectivity index (χ0n) is 17.7. The Balaban J connectivity index is 1.38. The van der Waals surface area contributed by atoms with Crippen LogP contribution in [-0.2, 0) is 0 Å². The van der Waals surface area contributed by atoms with E-state index in [1.54, 1.807) is 24.5 Å². The smallest absolute Gasteiger partial charge is 0.161 e. The van der Waals surface area contributed by atoms with E-state index < -0.39 is 0 Å². The predicted octanol–water partition coefficient (Wildman–Crippen LogP) is 4.53. The highest BCUT2D eigenvalue weighted by Gasteiger charge is 2.08. The Hall–Kier alpha value is -4.85. The number of nitrogens with two attached hydrogens (primary N) is 2. The van der Waals surface area contributed by atoms with Crippen molar-refractivity contribution in [3.63, 3.8) is 0 Å². The number of aromatic nitrogens is 5. The maximum absolute atomic E-state index is 6.11. The number of hydrogen-bond donors (Lipinski definition) is 5. The Morgan fingerprint density at radius 2 is 1.82 bits per heavy atom. The van der Waals surface area contributed by atoms with Crippen molar-refractivity contribution in [2.45, 2.75) is 0 Å². The first-order valence-electron chi connectivity index (χ1n) is 10.4. The van der Waals surface area contributed by atoms with Gasteiger partial charge < -0.3 is 21.8 Å². The van der Waals surface area contributed by atoms with Gasteiger partial charge in [0.2, 0.25) is 0 Å². The van der Waals surface area contributed by atoms with Crippen LogP contribution in [0.25, 0.3) is 39.1 Å². The van der Waals surface area contributed by atoms with E-state index in [0.29, 0.717) is 17.3 Å². The van der Waals surface area contributed by atoms with Gasteiger partial charge in [-0.2, -0.15) is 5.10 Å². The summed E-state index contributed by atoms with van der Waals surface area (Å²) >= 11 is 0. The summed E-state index contributed by atoms with van der Waals surface area (Å²) in [6.45, 7) is 0. The quantitative estimate of drug-likeness (QED) is 0.249. The molecule has 0 saturated heterocycles. The molecule has 0 bridgehead atoms. The summed E-state index contributed by atoms with van der Waals surface area (Å²) in [6.07, 6.45) is 10.3. The lowest BCUT2D eigenvalue weighted by Crippen LogP contribution is -1.97. The van der Waals surface area contributed by atoms with E-state index in [-0.39, 0.29) is 0 Å². The topological polar surface area (TPSA) is 134 Å². The Morgan fingerprint density at radius 3 is 2.61 bits per heavy atom. The number of aromatic amines is 2. The monoisotopic (exact) mass is 434 g/mol. The van der Waals surface area contributed by atoms with E-state index in [2.05, 4.69) is 30.5 Å². The molecule has 0 atom stereocenters. The van der Waals surface area contributed by atoms with Gasteiger partial charge in [-0.25, -0.2) is 9.97 Å². The Kier molecular flexibility index (Phi) is 5.30. The second kappa shape index (κ2) is 8.72. The minimum atomic E-state index is 0.607. The summed E-state index contributed by atoms with van der Waals surface area (Å²) in [5, 5.41) is 11.2. The maximum atomic E-state index is 6.11. The van der Waals surface area contributed by atoms with Crippen molar-refractivity contribution < 1.29 is 0 Å². The summed E-state index contributed by atoms with van der Waals surface area (Å²) in [6, 6.07) is 18.0. The maximum Gasteiger partial charge on any atom is 0.161 e. The molecule has 3 aromatic heterocycles. The lowest BCUT2D eigenvalue weighted by Gasteiger charge is -2.08. The first-order valence-corrected chi connectivity index (χ1v) is 10.4. The molecular weight excluding hydrogens is 412 g/mol. The van der Waals surface area contributed by atoms with Gasteiger partial charge in [-0.15, -0.1) is 0 Å². The van der Waals surface area contributed by atoms with Gasteiger partial charge in [-0.3, -0.25) is 5.10 Å². The van der Waals surface area contributed by atoms with Gasteiger partial charge in [0, 0.05) is 40.1 Å². The van der Waals surface area contributed by atoms with Crippen molar-refractivity contribution in [2.24, 2.45) is 11.5 Å². The molecule has 7 N–H and O–H groups in total. The van der Waals surface area contributed by atoms with Crippen LogP contribution in [0.5, 0.6) is 0 Å². The number of nitrogens with one attached hydrogen (secondary N) is 3. The molecule has 162 valence electrons. The van der Waals surface area contributed by atoms with Crippen LogP contribution in [-0.4, -0.2) is 25.1 Å². The fraction of sp³-hybridized carbons (Fsp3) is 0. The van der Waals surface area contributed by atoms with Crippen molar-refractivity contribution in [3.05, 3.63) is 97.2 Å². The fourth-order valence-corrected chi connectivity index (χ4v) is 3.54. The summed E-state index contributed by atoms with van der Waals surface area (Å²) < 4.78 is 0. The molecule has 8 heteroatoms. The zero-order valence-corrected chi connectivity index (χ0v) is 17.7. The van der Waals surface area contributed by atoms with Crippen LogP contribution in [0.15, 0.2) is 91.5 Å². The molecule has 0 spiro atoms. The number of allylic oxidation sites excluding steroid dienone is 2. The number of anilines is 2. The van der Waals surface area contributed by atoms with Gasteiger partial charge in [0.25, 0.3) is 0 Å². The molecule has 2 aromatic carbocycles. The number of fused-ring (bicyclic) bond motifs is 1. The van der Waals surface area contributed by atoms with Gasteiger partial charge in [-0.1, -0.05) is 24.3 Å². The van der Waals surface area contributed by atoms with Crippen molar-refractivity contribution >= 4 is 28.1 Å². The summed E-state index contributed by atoms with van der Waals surface area (Å²) in [4.78, 5) is 12.5. The van der Waals surface area contributed by atoms with Crippen LogP contribution in [0.2, 0.25) is 0 Å². The third-order valence-electron chi connectivity index (χ3n) is 5.22. The van der Waals surface area contributed by atoms with Crippen LogP contribution in [0.4, 0.5) is 11.5 Å². The largest absolute Gasteiger partial charge is 0.405 e. The van der Waals surface area contributed by atoms with Crippen LogP contribution in [0.3, 0.4) is 0 Å². The Labute approximate surface area is 190 Å². The lowest BCUT2D eigenvalue weighted by atomic mass is 10.1. The van der Waals surface area contributed by atoms with E-state index in [1.807, 2.05) is 60.8 Å². The van der Waals surface area contributed by atoms with E-state index in [9.17, 15) is 0 Å². The standard InChI is InChI=1S/C25H22N8/c26-10-1-2-21(27)23-12-17-3-4-18(13-22(17)32-23)25-28-11-9-24(33-25)31-20-7-5-16(6-8-20)19-14-29-30-15-19/h1-15,32H,26-27H2,(H,29,30)(H,28,31,33)/b10-1-,21-2-. The minimum absolute atomic E-state index is 0.607. The van der Waals surface area contributed by atoms with Gasteiger partial charge in [0.15, 0.2) is 5.82 Å². The molecule has 33 heavy (non-hydrogen) atoms. The second-order valence-electron chi connectivity index (χ2n) is 7.45. The zero-order chi connectivity index (χ0) is 22.6. The molecule has 5 rings (SSSR count). The van der Waals surface area contributed by atoms with E-state index in [4.69, 9.17) is 11.5 Å². The SMILES string of the molecule is N/C=C\C=C(/N)c1cc2ccc(-c3nccc(Nc4ccc(-c5cn[nH]c5)cc4)n3)cc2[nH]1. The molecule has 8 nitrogen and oxygen atoms in total. The molecule has 5 aromatic rings. The minimum Gasteiger partial charge on any atom is -0.405 e. The van der Waals surface area contributed by atoms with Gasteiger partial charge in [0.05, 0.1) is 17.6 Å². The number of hydrogen-bond acceptors (Lipinski definition) is 6. The number of rotatable bonds is 6. The van der Waals surface area contributed by atoms with Crippen LogP contribution in [0.1, 0.15) is 5.69 Å². The normalized spacial score (nSPS) is 11.9. The summed E-state index contributed by atoms with van der Waals surface area (Å²) in [5.74, 6) is 1.34. The van der Waals surface area contributed by atoms with Crippen molar-refractivity contribution in [3.8, 4) is 22.5 Å². The molecule has 0 aliphatic rings. The van der Waals surface area contributed by atoms with Crippen LogP contribution in [0, 0.1) is 0 Å². The first-order chi connectivity index (χ1) is 16.2. The van der Waals surface area contributed by atoms with Gasteiger partial charge >= 0.3 is 0 Å².